The van der Waals surface area contributed by atoms with Crippen molar-refractivity contribution in [1.82, 2.24) is 15.5 Å². The molecule has 18 rings (SSSR count). The van der Waals surface area contributed by atoms with Gasteiger partial charge in [0.15, 0.2) is 0 Å². The summed E-state index contributed by atoms with van der Waals surface area (Å²) in [7, 11) is 0. The molecule has 13 aromatic rings. The van der Waals surface area contributed by atoms with Crippen molar-refractivity contribution < 1.29 is 0 Å². The smallest absolute Gasteiger partial charge is 0.104 e. The molecule has 5 nitrogen and oxygen atoms in total. The zero-order valence-electron chi connectivity index (χ0n) is 51.2. The van der Waals surface area contributed by atoms with Crippen molar-refractivity contribution in [2.75, 3.05) is 10.2 Å². The maximum absolute atomic E-state index is 4.25. The van der Waals surface area contributed by atoms with Gasteiger partial charge in [0.1, 0.15) is 6.17 Å². The fourth-order valence-corrected chi connectivity index (χ4v) is 16.3. The first-order valence-corrected chi connectivity index (χ1v) is 32.5. The van der Waals surface area contributed by atoms with E-state index in [1.165, 1.54) is 89.1 Å². The zero-order valence-corrected chi connectivity index (χ0v) is 51.2. The highest BCUT2D eigenvalue weighted by atomic mass is 15.2. The molecule has 0 saturated carbocycles. The number of anilines is 5. The minimum Gasteiger partial charge on any atom is -0.366 e. The predicted octanol–water partition coefficient (Wildman–Crippen LogP) is 20.5. The summed E-state index contributed by atoms with van der Waals surface area (Å²) < 4.78 is 0. The Labute approximate surface area is 544 Å². The van der Waals surface area contributed by atoms with Crippen molar-refractivity contribution in [3.8, 4) is 22.3 Å². The first-order chi connectivity index (χ1) is 46.1. The Kier molecular flexibility index (Phi) is 13.0. The molecule has 13 aromatic carbocycles. The van der Waals surface area contributed by atoms with Crippen LogP contribution in [0.1, 0.15) is 96.1 Å². The molecule has 0 fully saturated rings. The highest BCUT2D eigenvalue weighted by Crippen LogP contribution is 2.66. The van der Waals surface area contributed by atoms with E-state index in [2.05, 4.69) is 372 Å². The second-order valence-corrected chi connectivity index (χ2v) is 25.2. The van der Waals surface area contributed by atoms with Gasteiger partial charge < -0.3 is 20.4 Å². The van der Waals surface area contributed by atoms with Crippen LogP contribution in [0.25, 0.3) is 33.6 Å². The molecular weight excluding hydrogens is 1130 g/mol. The van der Waals surface area contributed by atoms with Crippen molar-refractivity contribution >= 4 is 39.8 Å². The highest BCUT2D eigenvalue weighted by molar-refractivity contribution is 5.99. The lowest BCUT2D eigenvalue weighted by molar-refractivity contribution is 0.297. The van der Waals surface area contributed by atoms with E-state index in [4.69, 9.17) is 0 Å². The number of benzene rings is 13. The lowest BCUT2D eigenvalue weighted by Gasteiger charge is -2.47. The Morgan fingerprint density at radius 3 is 1.59 bits per heavy atom. The molecule has 442 valence electrons. The summed E-state index contributed by atoms with van der Waals surface area (Å²) in [5.41, 5.74) is 28.1. The summed E-state index contributed by atoms with van der Waals surface area (Å²) in [4.78, 5) is 5.15. The standard InChI is InChI=1S/C88H65N5/c1-8-28-60(29-9-1)79-56-80(61-30-10-2-11-31-61)91-86(90-79)64-49-51-71-69-43-23-25-45-73(69)88(76(71)53-64)74-46-26-27-47-82(74)93(67-40-20-7-21-41-67)85-55-77(81(54-78(85)88)89-66-38-18-6-19-39-66)87(65-36-16-5-17-37-65)72-44-24-22-42-68(72)70-50-48-59(52-75(70)87)58-92-83(62-32-12-3-13-33-62)57-84(92)63-34-14-4-15-35-63/h1-57,79,83,86,89-91H,58H2. The Morgan fingerprint density at radius 1 is 0.366 bits per heavy atom. The van der Waals surface area contributed by atoms with Gasteiger partial charge in [0.25, 0.3) is 0 Å². The maximum atomic E-state index is 4.25. The van der Waals surface area contributed by atoms with Gasteiger partial charge in [0.2, 0.25) is 0 Å². The quantitative estimate of drug-likeness (QED) is 0.114. The lowest BCUT2D eigenvalue weighted by Crippen LogP contribution is -2.40. The van der Waals surface area contributed by atoms with Crippen molar-refractivity contribution in [1.29, 1.82) is 0 Å². The number of hydrogen-bond acceptors (Lipinski definition) is 5. The average molecular weight is 1190 g/mol. The molecule has 0 amide bonds. The van der Waals surface area contributed by atoms with Gasteiger partial charge in [-0.25, -0.2) is 0 Å². The maximum Gasteiger partial charge on any atom is 0.104 e. The highest BCUT2D eigenvalue weighted by Gasteiger charge is 2.55. The summed E-state index contributed by atoms with van der Waals surface area (Å²) in [5, 5.41) is 12.4. The van der Waals surface area contributed by atoms with E-state index in [0.29, 0.717) is 0 Å². The van der Waals surface area contributed by atoms with Crippen LogP contribution in [0.15, 0.2) is 346 Å². The van der Waals surface area contributed by atoms with E-state index in [0.717, 1.165) is 57.4 Å². The molecule has 1 spiro atoms. The van der Waals surface area contributed by atoms with Crippen LogP contribution in [0.3, 0.4) is 0 Å². The van der Waals surface area contributed by atoms with Gasteiger partial charge in [-0.3, -0.25) is 5.32 Å². The molecule has 5 aliphatic rings. The number of rotatable bonds is 12. The first kappa shape index (κ1) is 54.4. The summed E-state index contributed by atoms with van der Waals surface area (Å²) in [6.45, 7) is 0.721. The molecule has 0 saturated heterocycles. The molecule has 2 aliphatic carbocycles. The first-order valence-electron chi connectivity index (χ1n) is 32.5. The minimum atomic E-state index is -0.829. The molecule has 3 heterocycles. The van der Waals surface area contributed by atoms with Crippen molar-refractivity contribution in [3.63, 3.8) is 0 Å². The molecule has 5 heteroatoms. The van der Waals surface area contributed by atoms with Crippen LogP contribution < -0.4 is 20.9 Å². The fourth-order valence-electron chi connectivity index (χ4n) is 16.3. The summed E-state index contributed by atoms with van der Waals surface area (Å²) in [5.74, 6) is 0. The second-order valence-electron chi connectivity index (χ2n) is 25.2. The van der Waals surface area contributed by atoms with Gasteiger partial charge in [0.05, 0.1) is 34.3 Å². The van der Waals surface area contributed by atoms with Gasteiger partial charge in [-0.1, -0.05) is 291 Å². The molecule has 5 unspecified atom stereocenters. The van der Waals surface area contributed by atoms with E-state index in [1.807, 2.05) is 0 Å². The molecule has 3 N–H and O–H groups in total. The number of para-hydroxylation sites is 3. The van der Waals surface area contributed by atoms with Gasteiger partial charge in [-0.15, -0.1) is 0 Å². The number of fused-ring (bicyclic) bond motifs is 12. The number of hydrogen-bond donors (Lipinski definition) is 3. The van der Waals surface area contributed by atoms with E-state index in [9.17, 15) is 0 Å². The summed E-state index contributed by atoms with van der Waals surface area (Å²) in [6, 6.07) is 124. The van der Waals surface area contributed by atoms with Gasteiger partial charge >= 0.3 is 0 Å². The van der Waals surface area contributed by atoms with Crippen molar-refractivity contribution in [2.45, 2.75) is 35.6 Å². The van der Waals surface area contributed by atoms with E-state index >= 15 is 0 Å². The third-order valence-corrected chi connectivity index (χ3v) is 20.3. The van der Waals surface area contributed by atoms with Crippen LogP contribution in [-0.2, 0) is 17.4 Å². The van der Waals surface area contributed by atoms with Gasteiger partial charge in [-0.2, -0.15) is 0 Å². The second kappa shape index (κ2) is 22.2. The van der Waals surface area contributed by atoms with Crippen LogP contribution in [0.2, 0.25) is 0 Å². The van der Waals surface area contributed by atoms with Crippen LogP contribution in [-0.4, -0.2) is 4.90 Å². The topological polar surface area (TPSA) is 42.6 Å². The molecular formula is C88H65N5. The predicted molar refractivity (Wildman–Crippen MR) is 381 cm³/mol. The van der Waals surface area contributed by atoms with Crippen LogP contribution >= 0.6 is 0 Å². The average Bonchev–Trinajstić information content (AvgIpc) is 1.58. The van der Waals surface area contributed by atoms with Gasteiger partial charge in [-0.05, 0) is 155 Å². The Hall–Kier alpha value is -11.5. The zero-order chi connectivity index (χ0) is 61.5. The molecule has 3 aliphatic heterocycles. The minimum absolute atomic E-state index is 0.0444. The lowest BCUT2D eigenvalue weighted by atomic mass is 9.62. The van der Waals surface area contributed by atoms with Crippen LogP contribution in [0, 0.1) is 0 Å². The molecule has 0 radical (unpaired) electrons. The third-order valence-electron chi connectivity index (χ3n) is 20.3. The van der Waals surface area contributed by atoms with E-state index in [1.54, 1.807) is 0 Å². The number of nitrogens with one attached hydrogen (secondary N) is 3. The van der Waals surface area contributed by atoms with E-state index < -0.39 is 10.8 Å². The monoisotopic (exact) mass is 1190 g/mol. The molecule has 0 bridgehead atoms. The molecule has 93 heavy (non-hydrogen) atoms. The Balaban J connectivity index is 0.901. The molecule has 5 atom stereocenters. The fraction of sp³-hybridized carbons (Fsp3) is 0.0682. The van der Waals surface area contributed by atoms with E-state index in [-0.39, 0.29) is 18.2 Å². The normalized spacial score (nSPS) is 19.3. The summed E-state index contributed by atoms with van der Waals surface area (Å²) in [6.07, 6.45) is 4.54. The molecule has 0 aromatic heterocycles. The largest absolute Gasteiger partial charge is 0.366 e. The number of nitrogens with zero attached hydrogens (tertiary/aromatic N) is 2. The van der Waals surface area contributed by atoms with Crippen LogP contribution in [0.4, 0.5) is 28.4 Å². The SMILES string of the molecule is C1=C(c2ccccc2)NC(c2ccc3c(c2)C2(c4ccccc4-3)c3ccccc3N(c3ccccc3)c3cc(C4(c5ccccc5)c5ccccc5-c5ccc(CN6C(c7ccccc7)=CC6c6ccccc6)cc54)c(Nc4ccccc4)cc32)NC1c1ccccc1. The van der Waals surface area contributed by atoms with Crippen molar-refractivity contribution in [3.05, 3.63) is 424 Å². The Bertz CT molecular complexity index is 5050. The third kappa shape index (κ3) is 8.65. The van der Waals surface area contributed by atoms with Gasteiger partial charge in [0, 0.05) is 35.0 Å². The Morgan fingerprint density at radius 2 is 0.903 bits per heavy atom. The summed E-state index contributed by atoms with van der Waals surface area (Å²) >= 11 is 0. The van der Waals surface area contributed by atoms with Crippen LogP contribution in [0.5, 0.6) is 0 Å². The van der Waals surface area contributed by atoms with Crippen molar-refractivity contribution in [2.24, 2.45) is 0 Å².